The summed E-state index contributed by atoms with van der Waals surface area (Å²) >= 11 is 0. The summed E-state index contributed by atoms with van der Waals surface area (Å²) in [6, 6.07) is 0.937. The number of aromatic nitrogens is 2. The molecular weight excluding hydrogens is 297 g/mol. The lowest BCUT2D eigenvalue weighted by Gasteiger charge is -2.17. The van der Waals surface area contributed by atoms with E-state index in [0.29, 0.717) is 19.8 Å². The third-order valence-electron chi connectivity index (χ3n) is 3.25. The molecule has 1 aromatic rings. The van der Waals surface area contributed by atoms with E-state index in [-0.39, 0.29) is 11.8 Å². The molecular formula is C14H19F3N4O. The highest BCUT2D eigenvalue weighted by Crippen LogP contribution is 2.30. The Balaban J connectivity index is 2.05. The maximum Gasteiger partial charge on any atom is 0.433 e. The molecule has 0 unspecified atom stereocenters. The second-order valence-electron chi connectivity index (χ2n) is 5.19. The van der Waals surface area contributed by atoms with Crippen LogP contribution in [0.5, 0.6) is 0 Å². The Labute approximate surface area is 127 Å². The maximum absolute atomic E-state index is 12.9. The first-order chi connectivity index (χ1) is 10.4. The second kappa shape index (κ2) is 6.95. The molecule has 0 saturated carbocycles. The Bertz CT molecular complexity index is 543. The molecule has 1 aromatic heterocycles. The summed E-state index contributed by atoms with van der Waals surface area (Å²) in [5, 5.41) is 2.87. The van der Waals surface area contributed by atoms with E-state index >= 15 is 0 Å². The Hall–Kier alpha value is -1.83. The highest BCUT2D eigenvalue weighted by Gasteiger charge is 2.33. The third-order valence-corrected chi connectivity index (χ3v) is 3.25. The van der Waals surface area contributed by atoms with Crippen molar-refractivity contribution in [3.8, 4) is 0 Å². The smallest absolute Gasteiger partial charge is 0.377 e. The Kier molecular flexibility index (Phi) is 5.23. The monoisotopic (exact) mass is 316 g/mol. The predicted octanol–water partition coefficient (Wildman–Crippen LogP) is 2.71. The van der Waals surface area contributed by atoms with Gasteiger partial charge < -0.3 is 15.0 Å². The van der Waals surface area contributed by atoms with E-state index < -0.39 is 11.9 Å². The van der Waals surface area contributed by atoms with Crippen molar-refractivity contribution < 1.29 is 17.9 Å². The molecule has 1 aliphatic rings. The van der Waals surface area contributed by atoms with Gasteiger partial charge in [0, 0.05) is 26.7 Å². The standard InChI is InChI=1S/C14H19F3N4O/c1-21(2)12-9-11(14(15,16)17)19-13(20-12)18-6-3-10-4-7-22-8-5-10/h4,9H,3,5-8H2,1-2H3,(H,18,19,20). The van der Waals surface area contributed by atoms with Crippen LogP contribution in [0.25, 0.3) is 0 Å². The Morgan fingerprint density at radius 3 is 2.68 bits per heavy atom. The zero-order chi connectivity index (χ0) is 16.2. The van der Waals surface area contributed by atoms with Crippen LogP contribution in [0.15, 0.2) is 17.7 Å². The highest BCUT2D eigenvalue weighted by molar-refractivity contribution is 5.44. The van der Waals surface area contributed by atoms with Crippen molar-refractivity contribution in [2.75, 3.05) is 44.1 Å². The van der Waals surface area contributed by atoms with Crippen molar-refractivity contribution in [1.29, 1.82) is 0 Å². The third kappa shape index (κ3) is 4.59. The molecule has 1 aliphatic heterocycles. The molecule has 0 aromatic carbocycles. The first kappa shape index (κ1) is 16.5. The average molecular weight is 316 g/mol. The number of alkyl halides is 3. The first-order valence-corrected chi connectivity index (χ1v) is 6.99. The van der Waals surface area contributed by atoms with Gasteiger partial charge in [0.2, 0.25) is 5.95 Å². The van der Waals surface area contributed by atoms with Crippen molar-refractivity contribution in [3.63, 3.8) is 0 Å². The summed E-state index contributed by atoms with van der Waals surface area (Å²) in [5.74, 6) is 0.210. The van der Waals surface area contributed by atoms with Gasteiger partial charge in [-0.3, -0.25) is 0 Å². The summed E-state index contributed by atoms with van der Waals surface area (Å²) in [6.07, 6.45) is -0.898. The van der Waals surface area contributed by atoms with Gasteiger partial charge in [0.1, 0.15) is 5.82 Å². The largest absolute Gasteiger partial charge is 0.433 e. The van der Waals surface area contributed by atoms with Crippen LogP contribution in [0.4, 0.5) is 24.9 Å². The average Bonchev–Trinajstić information content (AvgIpc) is 2.47. The SMILES string of the molecule is CN(C)c1cc(C(F)(F)F)nc(NCCC2=CCOCC2)n1. The molecule has 0 aliphatic carbocycles. The highest BCUT2D eigenvalue weighted by atomic mass is 19.4. The number of hydrogen-bond acceptors (Lipinski definition) is 5. The van der Waals surface area contributed by atoms with Gasteiger partial charge in [-0.15, -0.1) is 0 Å². The molecule has 0 atom stereocenters. The fourth-order valence-electron chi connectivity index (χ4n) is 2.02. The zero-order valence-electron chi connectivity index (χ0n) is 12.6. The second-order valence-corrected chi connectivity index (χ2v) is 5.19. The molecule has 0 spiro atoms. The van der Waals surface area contributed by atoms with E-state index in [1.807, 2.05) is 6.08 Å². The van der Waals surface area contributed by atoms with Crippen LogP contribution in [-0.2, 0) is 10.9 Å². The number of anilines is 2. The molecule has 22 heavy (non-hydrogen) atoms. The molecule has 2 heterocycles. The fourth-order valence-corrected chi connectivity index (χ4v) is 2.02. The molecule has 8 heteroatoms. The molecule has 0 fully saturated rings. The summed E-state index contributed by atoms with van der Waals surface area (Å²) < 4.78 is 43.8. The van der Waals surface area contributed by atoms with Crippen LogP contribution < -0.4 is 10.2 Å². The van der Waals surface area contributed by atoms with E-state index in [9.17, 15) is 13.2 Å². The van der Waals surface area contributed by atoms with Gasteiger partial charge in [-0.2, -0.15) is 18.2 Å². The van der Waals surface area contributed by atoms with Crippen molar-refractivity contribution in [3.05, 3.63) is 23.4 Å². The van der Waals surface area contributed by atoms with Crippen molar-refractivity contribution in [2.45, 2.75) is 19.0 Å². The van der Waals surface area contributed by atoms with Gasteiger partial charge in [0.25, 0.3) is 0 Å². The van der Waals surface area contributed by atoms with Gasteiger partial charge in [-0.05, 0) is 12.8 Å². The number of nitrogens with zero attached hydrogens (tertiary/aromatic N) is 3. The molecule has 1 N–H and O–H groups in total. The molecule has 0 saturated heterocycles. The minimum absolute atomic E-state index is 0.00816. The molecule has 0 amide bonds. The minimum atomic E-state index is -4.49. The lowest BCUT2D eigenvalue weighted by Crippen LogP contribution is -2.18. The Morgan fingerprint density at radius 2 is 2.09 bits per heavy atom. The van der Waals surface area contributed by atoms with E-state index in [0.717, 1.165) is 18.9 Å². The van der Waals surface area contributed by atoms with Gasteiger partial charge in [0.15, 0.2) is 5.69 Å². The van der Waals surface area contributed by atoms with Crippen LogP contribution in [0.2, 0.25) is 0 Å². The summed E-state index contributed by atoms with van der Waals surface area (Å²) in [7, 11) is 3.28. The number of ether oxygens (including phenoxy) is 1. The molecule has 0 bridgehead atoms. The van der Waals surface area contributed by atoms with Crippen LogP contribution in [0.1, 0.15) is 18.5 Å². The summed E-state index contributed by atoms with van der Waals surface area (Å²) in [4.78, 5) is 9.16. The van der Waals surface area contributed by atoms with Gasteiger partial charge >= 0.3 is 6.18 Å². The molecule has 0 radical (unpaired) electrons. The zero-order valence-corrected chi connectivity index (χ0v) is 12.6. The minimum Gasteiger partial charge on any atom is -0.377 e. The summed E-state index contributed by atoms with van der Waals surface area (Å²) in [5.41, 5.74) is 0.289. The number of rotatable bonds is 5. The van der Waals surface area contributed by atoms with Crippen LogP contribution in [0, 0.1) is 0 Å². The predicted molar refractivity (Wildman–Crippen MR) is 78.0 cm³/mol. The summed E-state index contributed by atoms with van der Waals surface area (Å²) in [6.45, 7) is 1.77. The fraction of sp³-hybridized carbons (Fsp3) is 0.571. The van der Waals surface area contributed by atoms with Crippen molar-refractivity contribution >= 4 is 11.8 Å². The van der Waals surface area contributed by atoms with Gasteiger partial charge in [-0.1, -0.05) is 11.6 Å². The normalized spacial score (nSPS) is 15.4. The Morgan fingerprint density at radius 1 is 1.32 bits per heavy atom. The van der Waals surface area contributed by atoms with Crippen molar-refractivity contribution in [1.82, 2.24) is 9.97 Å². The van der Waals surface area contributed by atoms with E-state index in [1.165, 1.54) is 10.5 Å². The van der Waals surface area contributed by atoms with Crippen LogP contribution in [0.3, 0.4) is 0 Å². The maximum atomic E-state index is 12.9. The lowest BCUT2D eigenvalue weighted by atomic mass is 10.1. The topological polar surface area (TPSA) is 50.3 Å². The van der Waals surface area contributed by atoms with Gasteiger partial charge in [0.05, 0.1) is 13.2 Å². The molecule has 5 nitrogen and oxygen atoms in total. The van der Waals surface area contributed by atoms with Crippen molar-refractivity contribution in [2.24, 2.45) is 0 Å². The van der Waals surface area contributed by atoms with E-state index in [2.05, 4.69) is 15.3 Å². The van der Waals surface area contributed by atoms with E-state index in [1.54, 1.807) is 14.1 Å². The molecule has 2 rings (SSSR count). The lowest BCUT2D eigenvalue weighted by molar-refractivity contribution is -0.141. The van der Waals surface area contributed by atoms with Crippen LogP contribution >= 0.6 is 0 Å². The van der Waals surface area contributed by atoms with E-state index in [4.69, 9.17) is 4.74 Å². The number of hydrogen-bond donors (Lipinski definition) is 1. The first-order valence-electron chi connectivity index (χ1n) is 6.99. The molecule has 122 valence electrons. The number of nitrogens with one attached hydrogen (secondary N) is 1. The van der Waals surface area contributed by atoms with Gasteiger partial charge in [-0.25, -0.2) is 4.98 Å². The number of halogens is 3. The quantitative estimate of drug-likeness (QED) is 0.847. The van der Waals surface area contributed by atoms with Crippen LogP contribution in [-0.4, -0.2) is 43.8 Å².